The molecule has 0 saturated heterocycles. The molecule has 0 aromatic rings. The predicted octanol–water partition coefficient (Wildman–Crippen LogP) is 15.7. The number of ether oxygens (including phenoxy) is 3. The van der Waals surface area contributed by atoms with Crippen LogP contribution in [0.2, 0.25) is 0 Å². The molecule has 0 fully saturated rings. The number of hydrogen-bond acceptors (Lipinski definition) is 6. The van der Waals surface area contributed by atoms with Crippen LogP contribution in [0.3, 0.4) is 0 Å². The summed E-state index contributed by atoms with van der Waals surface area (Å²) in [6, 6.07) is 0. The number of carbonyl (C=O) groups excluding carboxylic acids is 3. The molecule has 1 atom stereocenters. The molecule has 0 aromatic heterocycles. The molecule has 6 heteroatoms. The standard InChI is InChI=1S/C52H90O6/c1-4-7-10-13-15-17-19-21-23-24-25-26-27-29-30-32-34-36-39-42-45-51(54)57-48-49(47-56-50(53)44-41-38-12-9-6-3)58-52(55)46-43-40-37-35-33-31-28-22-20-18-16-14-11-8-5-2/h8,11,16,18,22,28,33,35,40,43,49H,4-7,9-10,12-15,17,19-21,23-27,29-32,34,36-39,41-42,44-48H2,1-3H3/b11-8-,18-16-,28-22-,35-33-,43-40-. The molecular weight excluding hydrogens is 721 g/mol. The zero-order valence-corrected chi connectivity index (χ0v) is 38.0. The van der Waals surface area contributed by atoms with Crippen LogP contribution in [0.5, 0.6) is 0 Å². The van der Waals surface area contributed by atoms with Crippen LogP contribution in [0.25, 0.3) is 0 Å². The Morgan fingerprint density at radius 1 is 0.362 bits per heavy atom. The molecule has 0 aliphatic heterocycles. The Kier molecular flexibility index (Phi) is 44.5. The van der Waals surface area contributed by atoms with Gasteiger partial charge in [-0.3, -0.25) is 14.4 Å². The minimum absolute atomic E-state index is 0.0999. The van der Waals surface area contributed by atoms with Gasteiger partial charge in [0.1, 0.15) is 13.2 Å². The number of carbonyl (C=O) groups is 3. The quantitative estimate of drug-likeness (QED) is 0.0264. The smallest absolute Gasteiger partial charge is 0.310 e. The Balaban J connectivity index is 4.24. The first-order valence-corrected chi connectivity index (χ1v) is 24.3. The topological polar surface area (TPSA) is 78.9 Å². The van der Waals surface area contributed by atoms with E-state index in [0.29, 0.717) is 12.8 Å². The monoisotopic (exact) mass is 811 g/mol. The summed E-state index contributed by atoms with van der Waals surface area (Å²) in [5.74, 6) is -1.05. The zero-order chi connectivity index (χ0) is 42.3. The molecule has 334 valence electrons. The maximum Gasteiger partial charge on any atom is 0.310 e. The van der Waals surface area contributed by atoms with Crippen molar-refractivity contribution in [2.75, 3.05) is 13.2 Å². The van der Waals surface area contributed by atoms with E-state index in [1.54, 1.807) is 6.08 Å². The normalized spacial score (nSPS) is 12.5. The van der Waals surface area contributed by atoms with Crippen LogP contribution in [0, 0.1) is 0 Å². The van der Waals surface area contributed by atoms with Gasteiger partial charge in [-0.15, -0.1) is 0 Å². The molecule has 6 nitrogen and oxygen atoms in total. The fourth-order valence-corrected chi connectivity index (χ4v) is 6.69. The maximum absolute atomic E-state index is 12.6. The summed E-state index contributed by atoms with van der Waals surface area (Å²) < 4.78 is 16.5. The lowest BCUT2D eigenvalue weighted by Gasteiger charge is -2.18. The predicted molar refractivity (Wildman–Crippen MR) is 247 cm³/mol. The molecule has 0 amide bonds. The summed E-state index contributed by atoms with van der Waals surface area (Å²) in [6.07, 6.45) is 57.0. The Labute approximate surface area is 358 Å². The first-order chi connectivity index (χ1) is 28.5. The fraction of sp³-hybridized carbons (Fsp3) is 0.750. The van der Waals surface area contributed by atoms with Crippen LogP contribution in [0.4, 0.5) is 0 Å². The van der Waals surface area contributed by atoms with Crippen LogP contribution >= 0.6 is 0 Å². The van der Waals surface area contributed by atoms with Crippen molar-refractivity contribution in [2.45, 2.75) is 239 Å². The van der Waals surface area contributed by atoms with Gasteiger partial charge in [-0.05, 0) is 44.9 Å². The molecule has 0 radical (unpaired) electrons. The third-order valence-corrected chi connectivity index (χ3v) is 10.3. The van der Waals surface area contributed by atoms with Crippen molar-refractivity contribution >= 4 is 17.9 Å². The average molecular weight is 811 g/mol. The lowest BCUT2D eigenvalue weighted by Crippen LogP contribution is -2.30. The van der Waals surface area contributed by atoms with Crippen LogP contribution in [0.15, 0.2) is 60.8 Å². The highest BCUT2D eigenvalue weighted by Gasteiger charge is 2.19. The molecular formula is C52H90O6. The lowest BCUT2D eigenvalue weighted by molar-refractivity contribution is -0.166. The number of esters is 3. The van der Waals surface area contributed by atoms with Crippen LogP contribution in [0.1, 0.15) is 233 Å². The molecule has 0 aromatic carbocycles. The largest absolute Gasteiger partial charge is 0.462 e. The Morgan fingerprint density at radius 2 is 0.655 bits per heavy atom. The third kappa shape index (κ3) is 44.2. The van der Waals surface area contributed by atoms with E-state index in [1.807, 2.05) is 6.08 Å². The maximum atomic E-state index is 12.6. The van der Waals surface area contributed by atoms with Gasteiger partial charge in [0.15, 0.2) is 6.10 Å². The fourth-order valence-electron chi connectivity index (χ4n) is 6.69. The summed E-state index contributed by atoms with van der Waals surface area (Å²) in [6.45, 7) is 6.36. The summed E-state index contributed by atoms with van der Waals surface area (Å²) in [7, 11) is 0. The van der Waals surface area contributed by atoms with E-state index in [9.17, 15) is 14.4 Å². The SMILES string of the molecule is CC/C=C\C/C=C\C/C=C\C/C=C\C/C=C\CC(=O)OC(COC(=O)CCCCCCC)COC(=O)CCCCCCCCCCCCCCCCCCCCCC. The molecule has 0 heterocycles. The van der Waals surface area contributed by atoms with Gasteiger partial charge < -0.3 is 14.2 Å². The molecule has 0 bridgehead atoms. The number of rotatable bonds is 43. The van der Waals surface area contributed by atoms with Crippen LogP contribution in [-0.2, 0) is 28.6 Å². The summed E-state index contributed by atoms with van der Waals surface area (Å²) in [5.41, 5.74) is 0. The lowest BCUT2D eigenvalue weighted by atomic mass is 10.0. The van der Waals surface area contributed by atoms with Crippen molar-refractivity contribution in [1.82, 2.24) is 0 Å². The molecule has 58 heavy (non-hydrogen) atoms. The Morgan fingerprint density at radius 3 is 0.983 bits per heavy atom. The average Bonchev–Trinajstić information content (AvgIpc) is 3.22. The van der Waals surface area contributed by atoms with Gasteiger partial charge in [0.25, 0.3) is 0 Å². The van der Waals surface area contributed by atoms with Crippen molar-refractivity contribution in [1.29, 1.82) is 0 Å². The van der Waals surface area contributed by atoms with E-state index in [2.05, 4.69) is 69.4 Å². The van der Waals surface area contributed by atoms with Crippen molar-refractivity contribution in [3.05, 3.63) is 60.8 Å². The highest BCUT2D eigenvalue weighted by Crippen LogP contribution is 2.15. The number of hydrogen-bond donors (Lipinski definition) is 0. The second-order valence-corrected chi connectivity index (χ2v) is 16.0. The second-order valence-electron chi connectivity index (χ2n) is 16.0. The molecule has 0 N–H and O–H groups in total. The van der Waals surface area contributed by atoms with Gasteiger partial charge in [0.05, 0.1) is 6.42 Å². The van der Waals surface area contributed by atoms with E-state index in [0.717, 1.165) is 83.5 Å². The van der Waals surface area contributed by atoms with E-state index in [-0.39, 0.29) is 31.6 Å². The van der Waals surface area contributed by atoms with E-state index in [4.69, 9.17) is 14.2 Å². The minimum atomic E-state index is -0.821. The minimum Gasteiger partial charge on any atom is -0.462 e. The molecule has 0 saturated carbocycles. The Bertz CT molecular complexity index is 1070. The van der Waals surface area contributed by atoms with Crippen LogP contribution < -0.4 is 0 Å². The first kappa shape index (κ1) is 55.1. The summed E-state index contributed by atoms with van der Waals surface area (Å²) in [4.78, 5) is 37.5. The van der Waals surface area contributed by atoms with Gasteiger partial charge in [0.2, 0.25) is 0 Å². The van der Waals surface area contributed by atoms with E-state index >= 15 is 0 Å². The highest BCUT2D eigenvalue weighted by molar-refractivity contribution is 5.72. The molecule has 0 aliphatic rings. The molecule has 1 unspecified atom stereocenters. The van der Waals surface area contributed by atoms with Gasteiger partial charge >= 0.3 is 17.9 Å². The summed E-state index contributed by atoms with van der Waals surface area (Å²) >= 11 is 0. The number of unbranched alkanes of at least 4 members (excludes halogenated alkanes) is 23. The first-order valence-electron chi connectivity index (χ1n) is 24.3. The van der Waals surface area contributed by atoms with Crippen molar-refractivity contribution in [2.24, 2.45) is 0 Å². The molecule has 0 rings (SSSR count). The van der Waals surface area contributed by atoms with Gasteiger partial charge in [-0.25, -0.2) is 0 Å². The number of allylic oxidation sites excluding steroid dienone is 9. The van der Waals surface area contributed by atoms with Crippen molar-refractivity contribution in [3.8, 4) is 0 Å². The molecule has 0 spiro atoms. The second kappa shape index (κ2) is 46.8. The highest BCUT2D eigenvalue weighted by atomic mass is 16.6. The van der Waals surface area contributed by atoms with Crippen molar-refractivity contribution in [3.63, 3.8) is 0 Å². The van der Waals surface area contributed by atoms with Gasteiger partial charge in [0, 0.05) is 12.8 Å². The Hall–Kier alpha value is -2.89. The third-order valence-electron chi connectivity index (χ3n) is 10.3. The van der Waals surface area contributed by atoms with E-state index in [1.165, 1.54) is 109 Å². The van der Waals surface area contributed by atoms with Crippen molar-refractivity contribution < 1.29 is 28.6 Å². The van der Waals surface area contributed by atoms with Gasteiger partial charge in [-0.1, -0.05) is 229 Å². The summed E-state index contributed by atoms with van der Waals surface area (Å²) in [5, 5.41) is 0. The van der Waals surface area contributed by atoms with E-state index < -0.39 is 12.1 Å². The zero-order valence-electron chi connectivity index (χ0n) is 38.0. The van der Waals surface area contributed by atoms with Gasteiger partial charge in [-0.2, -0.15) is 0 Å². The van der Waals surface area contributed by atoms with Crippen LogP contribution in [-0.4, -0.2) is 37.2 Å². The molecule has 0 aliphatic carbocycles.